The van der Waals surface area contributed by atoms with Crippen molar-refractivity contribution in [2.24, 2.45) is 5.92 Å². The molecule has 1 heteroatoms. The average molecular weight is 293 g/mol. The molecule has 0 bridgehead atoms. The van der Waals surface area contributed by atoms with Crippen molar-refractivity contribution in [3.8, 4) is 0 Å². The van der Waals surface area contributed by atoms with E-state index in [0.717, 1.165) is 25.7 Å². The largest absolute Gasteiger partial charge is 0.303 e. The first-order valence-electron chi connectivity index (χ1n) is 9.02. The Hall–Kier alpha value is -0.850. The second-order valence-electron chi connectivity index (χ2n) is 6.16. The summed E-state index contributed by atoms with van der Waals surface area (Å²) in [5.74, 6) is 0.311. The fourth-order valence-corrected chi connectivity index (χ4v) is 2.73. The van der Waals surface area contributed by atoms with Crippen LogP contribution >= 0.6 is 0 Å². The zero-order valence-corrected chi connectivity index (χ0v) is 14.0. The fraction of sp³-hybridized carbons (Fsp3) is 0.750. The van der Waals surface area contributed by atoms with Gasteiger partial charge in [-0.3, -0.25) is 0 Å². The van der Waals surface area contributed by atoms with Crippen LogP contribution in [0.1, 0.15) is 89.9 Å². The van der Waals surface area contributed by atoms with Gasteiger partial charge in [-0.25, -0.2) is 0 Å². The van der Waals surface area contributed by atoms with E-state index in [1.165, 1.54) is 70.5 Å². The number of rotatable bonds is 17. The Morgan fingerprint density at radius 3 is 1.38 bits per heavy atom. The van der Waals surface area contributed by atoms with Gasteiger partial charge in [0, 0.05) is 5.92 Å². The monoisotopic (exact) mass is 292 g/mol. The number of carbonyl (C=O) groups is 1. The lowest BCUT2D eigenvalue weighted by atomic mass is 9.95. The molecule has 0 amide bonds. The predicted molar refractivity (Wildman–Crippen MR) is 94.6 cm³/mol. The normalized spacial score (nSPS) is 10.7. The van der Waals surface area contributed by atoms with Crippen LogP contribution in [0.5, 0.6) is 0 Å². The summed E-state index contributed by atoms with van der Waals surface area (Å²) in [6, 6.07) is 0. The number of unbranched alkanes of at least 4 members (excludes halogenated alkanes) is 10. The summed E-state index contributed by atoms with van der Waals surface area (Å²) in [6.07, 6.45) is 22.4. The van der Waals surface area contributed by atoms with Gasteiger partial charge in [0.1, 0.15) is 6.29 Å². The third kappa shape index (κ3) is 15.4. The Kier molecular flexibility index (Phi) is 16.5. The van der Waals surface area contributed by atoms with Crippen LogP contribution in [-0.2, 0) is 4.79 Å². The number of carbonyl (C=O) groups excluding carboxylic acids is 1. The van der Waals surface area contributed by atoms with Gasteiger partial charge in [-0.15, -0.1) is 13.2 Å². The molecular weight excluding hydrogens is 256 g/mol. The SMILES string of the molecule is C=CCCCCCCCC(C=O)CCCCCCCC=C. The van der Waals surface area contributed by atoms with Crippen molar-refractivity contribution >= 4 is 6.29 Å². The van der Waals surface area contributed by atoms with Crippen molar-refractivity contribution in [3.05, 3.63) is 25.3 Å². The van der Waals surface area contributed by atoms with E-state index < -0.39 is 0 Å². The molecule has 0 saturated heterocycles. The summed E-state index contributed by atoms with van der Waals surface area (Å²) >= 11 is 0. The highest BCUT2D eigenvalue weighted by atomic mass is 16.1. The van der Waals surface area contributed by atoms with Gasteiger partial charge in [-0.1, -0.05) is 63.5 Å². The highest BCUT2D eigenvalue weighted by molar-refractivity contribution is 5.53. The lowest BCUT2D eigenvalue weighted by Crippen LogP contribution is -2.02. The lowest BCUT2D eigenvalue weighted by molar-refractivity contribution is -0.111. The molecule has 0 rings (SSSR count). The minimum absolute atomic E-state index is 0.311. The van der Waals surface area contributed by atoms with Crippen molar-refractivity contribution in [3.63, 3.8) is 0 Å². The first-order chi connectivity index (χ1) is 10.3. The molecule has 122 valence electrons. The molecule has 0 aliphatic carbocycles. The van der Waals surface area contributed by atoms with Crippen LogP contribution in [0.2, 0.25) is 0 Å². The molecule has 0 aliphatic heterocycles. The van der Waals surface area contributed by atoms with Gasteiger partial charge >= 0.3 is 0 Å². The standard InChI is InChI=1S/C20H36O/c1-3-5-7-9-11-13-15-17-20(19-21)18-16-14-12-10-8-6-4-2/h3-4,19-20H,1-2,5-18H2. The average Bonchev–Trinajstić information content (AvgIpc) is 2.51. The zero-order valence-electron chi connectivity index (χ0n) is 14.0. The Bertz CT molecular complexity index is 222. The maximum atomic E-state index is 11.1. The molecule has 0 aromatic heterocycles. The smallest absolute Gasteiger partial charge is 0.123 e. The zero-order chi connectivity index (χ0) is 15.6. The summed E-state index contributed by atoms with van der Waals surface area (Å²) in [4.78, 5) is 11.1. The fourth-order valence-electron chi connectivity index (χ4n) is 2.73. The molecule has 0 radical (unpaired) electrons. The highest BCUT2D eigenvalue weighted by Gasteiger charge is 2.06. The van der Waals surface area contributed by atoms with E-state index in [0.29, 0.717) is 5.92 Å². The summed E-state index contributed by atoms with van der Waals surface area (Å²) in [5, 5.41) is 0. The molecule has 0 atom stereocenters. The Morgan fingerprint density at radius 2 is 1.00 bits per heavy atom. The van der Waals surface area contributed by atoms with Crippen molar-refractivity contribution in [1.82, 2.24) is 0 Å². The molecule has 0 heterocycles. The molecule has 0 fully saturated rings. The van der Waals surface area contributed by atoms with Crippen molar-refractivity contribution in [1.29, 1.82) is 0 Å². The van der Waals surface area contributed by atoms with E-state index in [4.69, 9.17) is 0 Å². The van der Waals surface area contributed by atoms with E-state index in [-0.39, 0.29) is 0 Å². The first-order valence-corrected chi connectivity index (χ1v) is 9.02. The molecule has 0 aromatic carbocycles. The third-order valence-corrected chi connectivity index (χ3v) is 4.16. The predicted octanol–water partition coefficient (Wildman–Crippen LogP) is 6.63. The molecule has 0 aliphatic rings. The van der Waals surface area contributed by atoms with Crippen LogP contribution in [-0.4, -0.2) is 6.29 Å². The third-order valence-electron chi connectivity index (χ3n) is 4.16. The van der Waals surface area contributed by atoms with Crippen molar-refractivity contribution in [2.45, 2.75) is 89.9 Å². The number of hydrogen-bond acceptors (Lipinski definition) is 1. The second kappa shape index (κ2) is 17.2. The van der Waals surface area contributed by atoms with Crippen molar-refractivity contribution < 1.29 is 4.79 Å². The van der Waals surface area contributed by atoms with Gasteiger partial charge in [0.2, 0.25) is 0 Å². The maximum Gasteiger partial charge on any atom is 0.123 e. The molecule has 21 heavy (non-hydrogen) atoms. The van der Waals surface area contributed by atoms with Gasteiger partial charge in [-0.2, -0.15) is 0 Å². The quantitative estimate of drug-likeness (QED) is 0.167. The minimum Gasteiger partial charge on any atom is -0.303 e. The van der Waals surface area contributed by atoms with Crippen LogP contribution in [0.25, 0.3) is 0 Å². The Balaban J connectivity index is 3.35. The summed E-state index contributed by atoms with van der Waals surface area (Å²) < 4.78 is 0. The van der Waals surface area contributed by atoms with Crippen LogP contribution in [0.3, 0.4) is 0 Å². The Morgan fingerprint density at radius 1 is 0.619 bits per heavy atom. The summed E-state index contributed by atoms with van der Waals surface area (Å²) in [7, 11) is 0. The topological polar surface area (TPSA) is 17.1 Å². The maximum absolute atomic E-state index is 11.1. The lowest BCUT2D eigenvalue weighted by Gasteiger charge is -2.10. The second-order valence-corrected chi connectivity index (χ2v) is 6.16. The van der Waals surface area contributed by atoms with E-state index in [1.54, 1.807) is 0 Å². The summed E-state index contributed by atoms with van der Waals surface area (Å²) in [6.45, 7) is 7.48. The van der Waals surface area contributed by atoms with Crippen molar-refractivity contribution in [2.75, 3.05) is 0 Å². The molecule has 0 aromatic rings. The molecular formula is C20H36O. The van der Waals surface area contributed by atoms with E-state index in [2.05, 4.69) is 13.2 Å². The van der Waals surface area contributed by atoms with E-state index in [9.17, 15) is 4.79 Å². The number of hydrogen-bond donors (Lipinski definition) is 0. The van der Waals surface area contributed by atoms with E-state index >= 15 is 0 Å². The molecule has 1 nitrogen and oxygen atoms in total. The van der Waals surface area contributed by atoms with Gasteiger partial charge in [-0.05, 0) is 38.5 Å². The first kappa shape index (κ1) is 20.1. The Labute approximate surface area is 132 Å². The molecule has 0 spiro atoms. The minimum atomic E-state index is 0.311. The van der Waals surface area contributed by atoms with Crippen LogP contribution in [0.4, 0.5) is 0 Å². The molecule has 0 N–H and O–H groups in total. The van der Waals surface area contributed by atoms with Gasteiger partial charge in [0.25, 0.3) is 0 Å². The van der Waals surface area contributed by atoms with Gasteiger partial charge in [0.15, 0.2) is 0 Å². The van der Waals surface area contributed by atoms with E-state index in [1.807, 2.05) is 12.2 Å². The van der Waals surface area contributed by atoms with Crippen LogP contribution in [0.15, 0.2) is 25.3 Å². The number of allylic oxidation sites excluding steroid dienone is 2. The van der Waals surface area contributed by atoms with Gasteiger partial charge < -0.3 is 4.79 Å². The van der Waals surface area contributed by atoms with Crippen LogP contribution in [0, 0.1) is 5.92 Å². The summed E-state index contributed by atoms with van der Waals surface area (Å²) in [5.41, 5.74) is 0. The van der Waals surface area contributed by atoms with Crippen LogP contribution < -0.4 is 0 Å². The molecule has 0 saturated carbocycles. The number of aldehydes is 1. The molecule has 0 unspecified atom stereocenters. The van der Waals surface area contributed by atoms with Gasteiger partial charge in [0.05, 0.1) is 0 Å². The highest BCUT2D eigenvalue weighted by Crippen LogP contribution is 2.17.